The van der Waals surface area contributed by atoms with Crippen LogP contribution < -0.4 is 4.90 Å². The summed E-state index contributed by atoms with van der Waals surface area (Å²) in [6.07, 6.45) is 7.23. The average molecular weight is 441 g/mol. The van der Waals surface area contributed by atoms with Crippen molar-refractivity contribution in [1.29, 1.82) is 0 Å². The molecular formula is C21H24N6O3S. The molecule has 0 aliphatic carbocycles. The number of piperazine rings is 1. The minimum Gasteiger partial charge on any atom is -0.459 e. The summed E-state index contributed by atoms with van der Waals surface area (Å²) in [5.74, 6) is 0.347. The molecule has 162 valence electrons. The summed E-state index contributed by atoms with van der Waals surface area (Å²) >= 11 is 1.54. The molecule has 3 aromatic heterocycles. The van der Waals surface area contributed by atoms with Crippen molar-refractivity contribution in [2.24, 2.45) is 5.92 Å². The third-order valence-electron chi connectivity index (χ3n) is 5.88. The van der Waals surface area contributed by atoms with Crippen LogP contribution >= 0.6 is 11.3 Å². The van der Waals surface area contributed by atoms with Gasteiger partial charge in [-0.25, -0.2) is 0 Å². The molecule has 1 unspecified atom stereocenters. The van der Waals surface area contributed by atoms with E-state index in [1.807, 2.05) is 34.0 Å². The Morgan fingerprint density at radius 1 is 0.968 bits per heavy atom. The second kappa shape index (κ2) is 8.54. The zero-order valence-electron chi connectivity index (χ0n) is 17.1. The van der Waals surface area contributed by atoms with Crippen molar-refractivity contribution in [2.45, 2.75) is 12.8 Å². The lowest BCUT2D eigenvalue weighted by Crippen LogP contribution is -2.53. The van der Waals surface area contributed by atoms with Gasteiger partial charge in [0.2, 0.25) is 16.2 Å². The Morgan fingerprint density at radius 3 is 2.45 bits per heavy atom. The Morgan fingerprint density at radius 2 is 1.71 bits per heavy atom. The fourth-order valence-electron chi connectivity index (χ4n) is 4.20. The molecule has 5 heterocycles. The normalized spacial score (nSPS) is 19.6. The van der Waals surface area contributed by atoms with Crippen molar-refractivity contribution in [1.82, 2.24) is 24.6 Å². The summed E-state index contributed by atoms with van der Waals surface area (Å²) in [6.45, 7) is 3.70. The highest BCUT2D eigenvalue weighted by atomic mass is 32.1. The predicted molar refractivity (Wildman–Crippen MR) is 115 cm³/mol. The van der Waals surface area contributed by atoms with E-state index in [9.17, 15) is 9.59 Å². The SMILES string of the molecule is O=C(c1ccco1)N1CCN(C(=O)C2CCCN(c3nnc(-n4cccc4)s3)C2)CC1. The molecule has 0 spiro atoms. The Labute approximate surface area is 183 Å². The molecule has 9 nitrogen and oxygen atoms in total. The fourth-order valence-corrected chi connectivity index (χ4v) is 5.05. The number of nitrogens with zero attached hydrogens (tertiary/aromatic N) is 6. The summed E-state index contributed by atoms with van der Waals surface area (Å²) in [7, 11) is 0. The van der Waals surface area contributed by atoms with Crippen molar-refractivity contribution in [2.75, 3.05) is 44.2 Å². The van der Waals surface area contributed by atoms with E-state index < -0.39 is 0 Å². The molecule has 2 fully saturated rings. The van der Waals surface area contributed by atoms with Crippen LogP contribution in [0.1, 0.15) is 23.4 Å². The van der Waals surface area contributed by atoms with E-state index in [4.69, 9.17) is 4.42 Å². The molecule has 10 heteroatoms. The van der Waals surface area contributed by atoms with E-state index in [-0.39, 0.29) is 17.7 Å². The number of carbonyl (C=O) groups is 2. The van der Waals surface area contributed by atoms with Crippen LogP contribution in [0.2, 0.25) is 0 Å². The first-order chi connectivity index (χ1) is 15.2. The summed E-state index contributed by atoms with van der Waals surface area (Å²) < 4.78 is 7.15. The average Bonchev–Trinajstić information content (AvgIpc) is 3.60. The molecule has 0 radical (unpaired) electrons. The van der Waals surface area contributed by atoms with E-state index in [1.54, 1.807) is 17.0 Å². The molecule has 2 amide bonds. The molecule has 31 heavy (non-hydrogen) atoms. The van der Waals surface area contributed by atoms with Crippen LogP contribution in [0.25, 0.3) is 5.13 Å². The topological polar surface area (TPSA) is 87.7 Å². The van der Waals surface area contributed by atoms with Crippen molar-refractivity contribution in [3.05, 3.63) is 48.7 Å². The highest BCUT2D eigenvalue weighted by Crippen LogP contribution is 2.28. The number of amides is 2. The quantitative estimate of drug-likeness (QED) is 0.618. The maximum absolute atomic E-state index is 13.2. The lowest BCUT2D eigenvalue weighted by molar-refractivity contribution is -0.137. The van der Waals surface area contributed by atoms with Crippen molar-refractivity contribution in [3.63, 3.8) is 0 Å². The van der Waals surface area contributed by atoms with E-state index in [0.29, 0.717) is 38.5 Å². The van der Waals surface area contributed by atoms with Gasteiger partial charge in [0.25, 0.3) is 5.91 Å². The van der Waals surface area contributed by atoms with Crippen LogP contribution in [0.4, 0.5) is 5.13 Å². The lowest BCUT2D eigenvalue weighted by atomic mass is 9.96. The second-order valence-electron chi connectivity index (χ2n) is 7.84. The summed E-state index contributed by atoms with van der Waals surface area (Å²) in [5, 5.41) is 10.3. The van der Waals surface area contributed by atoms with Gasteiger partial charge in [0.05, 0.1) is 12.2 Å². The van der Waals surface area contributed by atoms with Gasteiger partial charge in [0.15, 0.2) is 5.76 Å². The van der Waals surface area contributed by atoms with E-state index in [1.165, 1.54) is 17.6 Å². The molecule has 0 aromatic carbocycles. The molecule has 3 aromatic rings. The molecule has 5 rings (SSSR count). The van der Waals surface area contributed by atoms with Crippen LogP contribution in [-0.4, -0.2) is 75.6 Å². The molecule has 0 saturated carbocycles. The number of rotatable bonds is 4. The van der Waals surface area contributed by atoms with Crippen LogP contribution in [0.5, 0.6) is 0 Å². The maximum Gasteiger partial charge on any atom is 0.289 e. The molecule has 0 bridgehead atoms. The lowest BCUT2D eigenvalue weighted by Gasteiger charge is -2.38. The van der Waals surface area contributed by atoms with E-state index >= 15 is 0 Å². The zero-order chi connectivity index (χ0) is 21.2. The molecule has 2 aliphatic heterocycles. The molecule has 2 saturated heterocycles. The van der Waals surface area contributed by atoms with Gasteiger partial charge in [0.1, 0.15) is 0 Å². The van der Waals surface area contributed by atoms with Crippen molar-refractivity contribution >= 4 is 28.3 Å². The van der Waals surface area contributed by atoms with Crippen LogP contribution in [0.3, 0.4) is 0 Å². The van der Waals surface area contributed by atoms with E-state index in [2.05, 4.69) is 15.1 Å². The number of anilines is 1. The second-order valence-corrected chi connectivity index (χ2v) is 8.77. The number of furan rings is 1. The van der Waals surface area contributed by atoms with Gasteiger partial charge in [-0.05, 0) is 37.1 Å². The number of aromatic nitrogens is 3. The summed E-state index contributed by atoms with van der Waals surface area (Å²) in [5.41, 5.74) is 0. The van der Waals surface area contributed by atoms with Gasteiger partial charge in [-0.1, -0.05) is 11.3 Å². The Hall–Kier alpha value is -3.14. The minimum absolute atomic E-state index is 0.0556. The van der Waals surface area contributed by atoms with Gasteiger partial charge >= 0.3 is 0 Å². The predicted octanol–water partition coefficient (Wildman–Crippen LogP) is 2.12. The molecular weight excluding hydrogens is 416 g/mol. The Balaban J connectivity index is 1.18. The number of piperidine rings is 1. The van der Waals surface area contributed by atoms with Gasteiger partial charge in [-0.3, -0.25) is 14.2 Å². The maximum atomic E-state index is 13.2. The zero-order valence-corrected chi connectivity index (χ0v) is 17.9. The van der Waals surface area contributed by atoms with Crippen molar-refractivity contribution < 1.29 is 14.0 Å². The first-order valence-electron chi connectivity index (χ1n) is 10.5. The first kappa shape index (κ1) is 19.8. The van der Waals surface area contributed by atoms with Gasteiger partial charge in [-0.15, -0.1) is 10.2 Å². The smallest absolute Gasteiger partial charge is 0.289 e. The molecule has 0 N–H and O–H groups in total. The first-order valence-corrected chi connectivity index (χ1v) is 11.3. The number of hydrogen-bond acceptors (Lipinski definition) is 7. The van der Waals surface area contributed by atoms with E-state index in [0.717, 1.165) is 29.6 Å². The highest BCUT2D eigenvalue weighted by Gasteiger charge is 2.33. The summed E-state index contributed by atoms with van der Waals surface area (Å²) in [6, 6.07) is 7.30. The van der Waals surface area contributed by atoms with Gasteiger partial charge in [-0.2, -0.15) is 0 Å². The molecule has 1 atom stereocenters. The third kappa shape index (κ3) is 4.07. The van der Waals surface area contributed by atoms with Crippen LogP contribution in [0, 0.1) is 5.92 Å². The highest BCUT2D eigenvalue weighted by molar-refractivity contribution is 7.17. The Bertz CT molecular complexity index is 1020. The fraction of sp³-hybridized carbons (Fsp3) is 0.429. The number of carbonyl (C=O) groups excluding carboxylic acids is 2. The monoisotopic (exact) mass is 440 g/mol. The Kier molecular flexibility index (Phi) is 5.46. The number of hydrogen-bond donors (Lipinski definition) is 0. The standard InChI is InChI=1S/C21H24N6O3S/c28-18(24-10-12-25(13-11-24)19(29)17-6-4-14-30-17)16-5-3-9-27(15-16)21-23-22-20(31-21)26-7-1-2-8-26/h1-2,4,6-8,14,16H,3,5,9-13,15H2. The van der Waals surface area contributed by atoms with Gasteiger partial charge < -0.3 is 19.1 Å². The van der Waals surface area contributed by atoms with Gasteiger partial charge in [0, 0.05) is 51.7 Å². The van der Waals surface area contributed by atoms with Crippen LogP contribution in [-0.2, 0) is 4.79 Å². The third-order valence-corrected chi connectivity index (χ3v) is 6.88. The summed E-state index contributed by atoms with van der Waals surface area (Å²) in [4.78, 5) is 31.4. The van der Waals surface area contributed by atoms with Crippen LogP contribution in [0.15, 0.2) is 47.3 Å². The minimum atomic E-state index is -0.115. The van der Waals surface area contributed by atoms with Crippen molar-refractivity contribution in [3.8, 4) is 5.13 Å². The largest absolute Gasteiger partial charge is 0.459 e. The molecule has 2 aliphatic rings.